The molecular weight excluding hydrogens is 390 g/mol. The number of ether oxygens (including phenoxy) is 1. The maximum absolute atomic E-state index is 14.1. The van der Waals surface area contributed by atoms with Gasteiger partial charge in [-0.05, 0) is 42.1 Å². The molecule has 3 unspecified atom stereocenters. The lowest BCUT2D eigenvalue weighted by atomic mass is 9.67. The van der Waals surface area contributed by atoms with Crippen molar-refractivity contribution in [3.05, 3.63) is 71.8 Å². The zero-order valence-electron chi connectivity index (χ0n) is 17.5. The molecule has 0 radical (unpaired) electrons. The number of allylic oxidation sites excluding steroid dienone is 2. The Kier molecular flexibility index (Phi) is 3.90. The van der Waals surface area contributed by atoms with Crippen LogP contribution >= 0.6 is 0 Å². The first kappa shape index (κ1) is 19.0. The number of esters is 1. The van der Waals surface area contributed by atoms with Crippen molar-refractivity contribution in [3.63, 3.8) is 0 Å². The fourth-order valence-electron chi connectivity index (χ4n) is 6.91. The van der Waals surface area contributed by atoms with Crippen molar-refractivity contribution in [2.24, 2.45) is 11.3 Å². The number of carbonyl (C=O) groups excluding carboxylic acids is 2. The van der Waals surface area contributed by atoms with Gasteiger partial charge in [0.15, 0.2) is 5.78 Å². The largest absolute Gasteiger partial charge is 0.468 e. The van der Waals surface area contributed by atoms with Crippen LogP contribution in [-0.2, 0) is 15.1 Å². The molecule has 1 spiro atoms. The van der Waals surface area contributed by atoms with Gasteiger partial charge in [-0.1, -0.05) is 60.7 Å². The van der Waals surface area contributed by atoms with E-state index in [2.05, 4.69) is 4.90 Å². The number of aliphatic hydroxyl groups excluding tert-OH is 1. The maximum atomic E-state index is 14.1. The predicted octanol–water partition coefficient (Wildman–Crippen LogP) is 3.36. The number of aliphatic hydroxyl groups is 1. The van der Waals surface area contributed by atoms with Crippen molar-refractivity contribution in [3.8, 4) is 0 Å². The number of benzene rings is 2. The van der Waals surface area contributed by atoms with E-state index >= 15 is 0 Å². The number of rotatable bonds is 3. The van der Waals surface area contributed by atoms with E-state index in [1.54, 1.807) is 0 Å². The van der Waals surface area contributed by atoms with Gasteiger partial charge in [-0.3, -0.25) is 14.5 Å². The molecule has 1 N–H and O–H groups in total. The van der Waals surface area contributed by atoms with Crippen molar-refractivity contribution in [1.29, 1.82) is 0 Å². The summed E-state index contributed by atoms with van der Waals surface area (Å²) in [6.07, 6.45) is 8.55. The van der Waals surface area contributed by atoms with Crippen molar-refractivity contribution < 1.29 is 19.4 Å². The summed E-state index contributed by atoms with van der Waals surface area (Å²) in [5.41, 5.74) is -0.428. The van der Waals surface area contributed by atoms with E-state index < -0.39 is 23.0 Å². The van der Waals surface area contributed by atoms with Gasteiger partial charge in [-0.15, -0.1) is 0 Å². The third-order valence-corrected chi connectivity index (χ3v) is 8.09. The predicted molar refractivity (Wildman–Crippen MR) is 117 cm³/mol. The lowest BCUT2D eigenvalue weighted by Gasteiger charge is -2.38. The van der Waals surface area contributed by atoms with Gasteiger partial charge < -0.3 is 9.84 Å². The van der Waals surface area contributed by atoms with Crippen LogP contribution in [-0.4, -0.2) is 47.6 Å². The quantitative estimate of drug-likeness (QED) is 0.779. The smallest absolute Gasteiger partial charge is 0.316 e. The average Bonchev–Trinajstić information content (AvgIpc) is 3.57. The third kappa shape index (κ3) is 2.13. The molecule has 0 amide bonds. The Bertz CT molecular complexity index is 1170. The number of carbonyl (C=O) groups is 2. The van der Waals surface area contributed by atoms with Gasteiger partial charge in [-0.25, -0.2) is 0 Å². The third-order valence-electron chi connectivity index (χ3n) is 8.09. The molecule has 0 saturated carbocycles. The van der Waals surface area contributed by atoms with E-state index in [0.29, 0.717) is 0 Å². The minimum Gasteiger partial charge on any atom is -0.468 e. The van der Waals surface area contributed by atoms with E-state index in [0.717, 1.165) is 41.3 Å². The SMILES string of the molecule is COC(=O)C1(C(O)C2C=CC=C2)C[C@]2(C(=O)c3cccc4cccc2c34)N2CCCC21. The summed E-state index contributed by atoms with van der Waals surface area (Å²) in [5.74, 6) is -0.647. The lowest BCUT2D eigenvalue weighted by Crippen LogP contribution is -2.52. The number of ketones is 1. The Morgan fingerprint density at radius 1 is 1.19 bits per heavy atom. The van der Waals surface area contributed by atoms with Crippen LogP contribution in [0.15, 0.2) is 60.7 Å². The topological polar surface area (TPSA) is 66.8 Å². The van der Waals surface area contributed by atoms with Crippen LogP contribution in [0.1, 0.15) is 35.2 Å². The molecule has 2 heterocycles. The van der Waals surface area contributed by atoms with Crippen LogP contribution in [0.3, 0.4) is 0 Å². The molecule has 2 saturated heterocycles. The molecule has 6 rings (SSSR count). The first-order valence-electron chi connectivity index (χ1n) is 11.0. The maximum Gasteiger partial charge on any atom is 0.316 e. The molecule has 0 aromatic heterocycles. The van der Waals surface area contributed by atoms with Crippen molar-refractivity contribution >= 4 is 22.5 Å². The Labute approximate surface area is 181 Å². The summed E-state index contributed by atoms with van der Waals surface area (Å²) in [4.78, 5) is 29.8. The van der Waals surface area contributed by atoms with Gasteiger partial charge >= 0.3 is 5.97 Å². The molecule has 4 aliphatic rings. The van der Waals surface area contributed by atoms with Crippen LogP contribution in [0.25, 0.3) is 10.8 Å². The van der Waals surface area contributed by atoms with Crippen LogP contribution in [0.2, 0.25) is 0 Å². The van der Waals surface area contributed by atoms with Crippen molar-refractivity contribution in [2.75, 3.05) is 13.7 Å². The molecular formula is C26H25NO4. The molecule has 5 heteroatoms. The fourth-order valence-corrected chi connectivity index (χ4v) is 6.91. The van der Waals surface area contributed by atoms with E-state index in [1.165, 1.54) is 7.11 Å². The molecule has 4 atom stereocenters. The Balaban J connectivity index is 1.60. The van der Waals surface area contributed by atoms with Crippen LogP contribution in [0, 0.1) is 11.3 Å². The van der Waals surface area contributed by atoms with Gasteiger partial charge in [0, 0.05) is 17.5 Å². The number of hydrogen-bond donors (Lipinski definition) is 1. The van der Waals surface area contributed by atoms with Crippen LogP contribution in [0.5, 0.6) is 0 Å². The number of nitrogens with zero attached hydrogens (tertiary/aromatic N) is 1. The summed E-state index contributed by atoms with van der Waals surface area (Å²) in [7, 11) is 1.38. The van der Waals surface area contributed by atoms with Crippen molar-refractivity contribution in [2.45, 2.75) is 36.9 Å². The Hall–Kier alpha value is -2.76. The second kappa shape index (κ2) is 6.38. The molecule has 2 fully saturated rings. The first-order valence-corrected chi connectivity index (χ1v) is 11.0. The average molecular weight is 415 g/mol. The number of methoxy groups -OCH3 is 1. The minimum atomic E-state index is -1.17. The summed E-state index contributed by atoms with van der Waals surface area (Å²) in [5, 5.41) is 13.7. The van der Waals surface area contributed by atoms with E-state index in [-0.39, 0.29) is 24.2 Å². The summed E-state index contributed by atoms with van der Waals surface area (Å²) in [6, 6.07) is 11.6. The molecule has 0 bridgehead atoms. The zero-order valence-corrected chi connectivity index (χ0v) is 17.5. The number of fused-ring (bicyclic) bond motifs is 3. The van der Waals surface area contributed by atoms with Crippen LogP contribution < -0.4 is 0 Å². The molecule has 2 aromatic rings. The molecule has 158 valence electrons. The molecule has 2 aliphatic carbocycles. The summed E-state index contributed by atoms with van der Waals surface area (Å²) in [6.45, 7) is 0.725. The highest BCUT2D eigenvalue weighted by atomic mass is 16.5. The highest BCUT2D eigenvalue weighted by Gasteiger charge is 2.72. The molecule has 5 nitrogen and oxygen atoms in total. The number of Topliss-reactive ketones (excluding diaryl/α,β-unsaturated/α-hetero) is 1. The highest BCUT2D eigenvalue weighted by molar-refractivity contribution is 6.20. The van der Waals surface area contributed by atoms with Gasteiger partial charge in [0.2, 0.25) is 0 Å². The van der Waals surface area contributed by atoms with Gasteiger partial charge in [0.05, 0.1) is 13.2 Å². The molecule has 2 aromatic carbocycles. The van der Waals surface area contributed by atoms with Crippen LogP contribution in [0.4, 0.5) is 0 Å². The second-order valence-electron chi connectivity index (χ2n) is 9.25. The standard InChI is InChI=1S/C26H25NO4/c1-31-24(30)25(22(28)17-7-2-3-8-17)15-26(27-14-6-13-20(25)27)19-12-5-10-16-9-4-11-18(21(16)19)23(26)29/h2-5,7-12,17,20,22,28H,6,13-15H2,1H3/t20?,22?,25?,26-/m0/s1. The second-order valence-corrected chi connectivity index (χ2v) is 9.25. The van der Waals surface area contributed by atoms with E-state index in [9.17, 15) is 14.7 Å². The Morgan fingerprint density at radius 2 is 1.94 bits per heavy atom. The van der Waals surface area contributed by atoms with E-state index in [1.807, 2.05) is 60.7 Å². The van der Waals surface area contributed by atoms with Gasteiger partial charge in [0.1, 0.15) is 11.0 Å². The lowest BCUT2D eigenvalue weighted by molar-refractivity contribution is -0.164. The summed E-state index contributed by atoms with van der Waals surface area (Å²) >= 11 is 0. The number of hydrogen-bond acceptors (Lipinski definition) is 5. The van der Waals surface area contributed by atoms with E-state index in [4.69, 9.17) is 4.74 Å². The summed E-state index contributed by atoms with van der Waals surface area (Å²) < 4.78 is 5.33. The van der Waals surface area contributed by atoms with Crippen molar-refractivity contribution in [1.82, 2.24) is 4.90 Å². The zero-order chi connectivity index (χ0) is 21.4. The van der Waals surface area contributed by atoms with Gasteiger partial charge in [-0.2, -0.15) is 0 Å². The minimum absolute atomic E-state index is 0.0432. The first-order chi connectivity index (χ1) is 15.1. The van der Waals surface area contributed by atoms with Gasteiger partial charge in [0.25, 0.3) is 0 Å². The monoisotopic (exact) mass is 415 g/mol. The molecule has 2 aliphatic heterocycles. The Morgan fingerprint density at radius 3 is 2.68 bits per heavy atom. The fraction of sp³-hybridized carbons (Fsp3) is 0.385. The molecule has 31 heavy (non-hydrogen) atoms. The normalized spacial score (nSPS) is 32.5. The highest BCUT2D eigenvalue weighted by Crippen LogP contribution is 2.62.